The number of nitrogens with zero attached hydrogens (tertiary/aromatic N) is 4. The zero-order valence-corrected chi connectivity index (χ0v) is 15.9. The second kappa shape index (κ2) is 7.98. The molecule has 2 heterocycles. The lowest BCUT2D eigenvalue weighted by Gasteiger charge is -2.35. The minimum Gasteiger partial charge on any atom is -0.450 e. The van der Waals surface area contributed by atoms with Crippen molar-refractivity contribution in [2.45, 2.75) is 6.92 Å². The van der Waals surface area contributed by atoms with Gasteiger partial charge in [-0.25, -0.2) is 23.5 Å². The van der Waals surface area contributed by atoms with E-state index in [1.807, 2.05) is 4.90 Å². The summed E-state index contributed by atoms with van der Waals surface area (Å²) < 4.78 is 34.0. The molecule has 6 nitrogen and oxygen atoms in total. The van der Waals surface area contributed by atoms with Gasteiger partial charge in [0, 0.05) is 26.2 Å². The monoisotopic (exact) mass is 398 g/mol. The molecule has 0 atom stereocenters. The zero-order valence-electron chi connectivity index (χ0n) is 15.9. The third-order valence-electron chi connectivity index (χ3n) is 4.87. The fraction of sp³-hybridized carbons (Fsp3) is 0.286. The van der Waals surface area contributed by atoms with Crippen LogP contribution in [-0.4, -0.2) is 53.7 Å². The standard InChI is InChI=1S/C21H20F2N4O2/c1-2-29-21(28)27-12-10-26(11-13-27)20-18-16(23)8-5-9-17(18)24-19(25-20)14-6-3-4-7-15(14)22/h3-9H,2,10-13H2,1H3. The lowest BCUT2D eigenvalue weighted by Crippen LogP contribution is -2.49. The van der Waals surface area contributed by atoms with Crippen LogP contribution in [0, 0.1) is 11.6 Å². The third-order valence-corrected chi connectivity index (χ3v) is 4.87. The first-order chi connectivity index (χ1) is 14.1. The average Bonchev–Trinajstić information content (AvgIpc) is 2.74. The number of carbonyl (C=O) groups is 1. The fourth-order valence-corrected chi connectivity index (χ4v) is 3.43. The van der Waals surface area contributed by atoms with Gasteiger partial charge in [0.25, 0.3) is 0 Å². The summed E-state index contributed by atoms with van der Waals surface area (Å²) in [4.78, 5) is 24.4. The Kier molecular flexibility index (Phi) is 5.24. The number of hydrogen-bond donors (Lipinski definition) is 0. The van der Waals surface area contributed by atoms with Crippen molar-refractivity contribution in [2.24, 2.45) is 0 Å². The van der Waals surface area contributed by atoms with Crippen molar-refractivity contribution >= 4 is 22.8 Å². The Balaban J connectivity index is 1.74. The number of fused-ring (bicyclic) bond motifs is 1. The number of piperazine rings is 1. The maximum absolute atomic E-state index is 14.7. The molecule has 2 aromatic carbocycles. The van der Waals surface area contributed by atoms with E-state index in [1.165, 1.54) is 12.1 Å². The molecule has 0 unspecified atom stereocenters. The van der Waals surface area contributed by atoms with Gasteiger partial charge >= 0.3 is 6.09 Å². The maximum Gasteiger partial charge on any atom is 0.409 e. The molecule has 1 amide bonds. The molecule has 1 aromatic heterocycles. The van der Waals surface area contributed by atoms with E-state index >= 15 is 0 Å². The van der Waals surface area contributed by atoms with Crippen LogP contribution < -0.4 is 4.90 Å². The summed E-state index contributed by atoms with van der Waals surface area (Å²) in [6, 6.07) is 10.8. The highest BCUT2D eigenvalue weighted by atomic mass is 19.1. The molecule has 1 aliphatic rings. The van der Waals surface area contributed by atoms with E-state index in [0.717, 1.165) is 0 Å². The molecule has 0 N–H and O–H groups in total. The summed E-state index contributed by atoms with van der Waals surface area (Å²) in [5.41, 5.74) is 0.658. The minimum atomic E-state index is -0.443. The van der Waals surface area contributed by atoms with Gasteiger partial charge in [-0.2, -0.15) is 0 Å². The highest BCUT2D eigenvalue weighted by Gasteiger charge is 2.26. The smallest absolute Gasteiger partial charge is 0.409 e. The van der Waals surface area contributed by atoms with E-state index in [-0.39, 0.29) is 22.9 Å². The molecule has 150 valence electrons. The van der Waals surface area contributed by atoms with E-state index in [1.54, 1.807) is 42.2 Å². The van der Waals surface area contributed by atoms with Crippen molar-refractivity contribution in [3.05, 3.63) is 54.1 Å². The van der Waals surface area contributed by atoms with Crippen molar-refractivity contribution in [1.82, 2.24) is 14.9 Å². The quantitative estimate of drug-likeness (QED) is 0.671. The van der Waals surface area contributed by atoms with E-state index in [9.17, 15) is 13.6 Å². The molecule has 29 heavy (non-hydrogen) atoms. The van der Waals surface area contributed by atoms with Crippen LogP contribution in [0.1, 0.15) is 6.92 Å². The summed E-state index contributed by atoms with van der Waals surface area (Å²) in [6.07, 6.45) is -0.363. The Labute approximate surface area is 166 Å². The van der Waals surface area contributed by atoms with Crippen LogP contribution in [0.15, 0.2) is 42.5 Å². The normalized spacial score (nSPS) is 14.3. The summed E-state index contributed by atoms with van der Waals surface area (Å²) in [5.74, 6) is -0.286. The van der Waals surface area contributed by atoms with Crippen molar-refractivity contribution < 1.29 is 18.3 Å². The second-order valence-corrected chi connectivity index (χ2v) is 6.66. The van der Waals surface area contributed by atoms with Gasteiger partial charge in [-0.1, -0.05) is 18.2 Å². The number of anilines is 1. The van der Waals surface area contributed by atoms with Gasteiger partial charge in [0.1, 0.15) is 17.5 Å². The van der Waals surface area contributed by atoms with Gasteiger partial charge in [-0.05, 0) is 31.2 Å². The molecule has 1 fully saturated rings. The first-order valence-electron chi connectivity index (χ1n) is 9.46. The van der Waals surface area contributed by atoms with Gasteiger partial charge in [0.2, 0.25) is 0 Å². The predicted octanol–water partition coefficient (Wildman–Crippen LogP) is 3.85. The van der Waals surface area contributed by atoms with E-state index in [0.29, 0.717) is 44.1 Å². The van der Waals surface area contributed by atoms with Crippen molar-refractivity contribution in [2.75, 3.05) is 37.7 Å². The van der Waals surface area contributed by atoms with Gasteiger partial charge in [-0.3, -0.25) is 0 Å². The van der Waals surface area contributed by atoms with Gasteiger partial charge in [-0.15, -0.1) is 0 Å². The van der Waals surface area contributed by atoms with Gasteiger partial charge < -0.3 is 14.5 Å². The molecule has 0 bridgehead atoms. The Morgan fingerprint density at radius 1 is 1.00 bits per heavy atom. The van der Waals surface area contributed by atoms with Crippen molar-refractivity contribution in [3.63, 3.8) is 0 Å². The molecule has 0 spiro atoms. The topological polar surface area (TPSA) is 58.6 Å². The highest BCUT2D eigenvalue weighted by Crippen LogP contribution is 2.31. The molecule has 0 aliphatic carbocycles. The summed E-state index contributed by atoms with van der Waals surface area (Å²) >= 11 is 0. The molecule has 1 aliphatic heterocycles. The number of ether oxygens (including phenoxy) is 1. The number of amides is 1. The molecule has 3 aromatic rings. The van der Waals surface area contributed by atoms with Crippen molar-refractivity contribution in [3.8, 4) is 11.4 Å². The summed E-state index contributed by atoms with van der Waals surface area (Å²) in [6.45, 7) is 3.83. The lowest BCUT2D eigenvalue weighted by molar-refractivity contribution is 0.105. The van der Waals surface area contributed by atoms with Crippen LogP contribution in [0.25, 0.3) is 22.3 Å². The molecular weight excluding hydrogens is 378 g/mol. The van der Waals surface area contributed by atoms with Crippen LogP contribution in [0.4, 0.5) is 19.4 Å². The zero-order chi connectivity index (χ0) is 20.4. The van der Waals surface area contributed by atoms with Gasteiger partial charge in [0.05, 0.1) is 23.1 Å². The van der Waals surface area contributed by atoms with Crippen LogP contribution in [-0.2, 0) is 4.74 Å². The minimum absolute atomic E-state index is 0.198. The molecule has 4 rings (SSSR count). The maximum atomic E-state index is 14.7. The number of halogens is 2. The van der Waals surface area contributed by atoms with Crippen LogP contribution >= 0.6 is 0 Å². The van der Waals surface area contributed by atoms with E-state index < -0.39 is 11.6 Å². The number of carbonyl (C=O) groups excluding carboxylic acids is 1. The Morgan fingerprint density at radius 3 is 2.45 bits per heavy atom. The molecule has 8 heteroatoms. The lowest BCUT2D eigenvalue weighted by atomic mass is 10.1. The first kappa shape index (κ1) is 19.0. The Morgan fingerprint density at radius 2 is 1.72 bits per heavy atom. The number of rotatable bonds is 3. The number of hydrogen-bond acceptors (Lipinski definition) is 5. The fourth-order valence-electron chi connectivity index (χ4n) is 3.43. The average molecular weight is 398 g/mol. The number of benzene rings is 2. The largest absolute Gasteiger partial charge is 0.450 e. The Bertz CT molecular complexity index is 1050. The van der Waals surface area contributed by atoms with Crippen molar-refractivity contribution in [1.29, 1.82) is 0 Å². The van der Waals surface area contributed by atoms with Crippen LogP contribution in [0.5, 0.6) is 0 Å². The summed E-state index contributed by atoms with van der Waals surface area (Å²) in [7, 11) is 0. The SMILES string of the molecule is CCOC(=O)N1CCN(c2nc(-c3ccccc3F)nc3cccc(F)c23)CC1. The second-order valence-electron chi connectivity index (χ2n) is 6.66. The highest BCUT2D eigenvalue weighted by molar-refractivity contribution is 5.91. The molecule has 0 saturated carbocycles. The van der Waals surface area contributed by atoms with E-state index in [2.05, 4.69) is 9.97 Å². The third kappa shape index (κ3) is 3.70. The Hall–Kier alpha value is -3.29. The first-order valence-corrected chi connectivity index (χ1v) is 9.46. The summed E-state index contributed by atoms with van der Waals surface area (Å²) in [5, 5.41) is 0.289. The number of aromatic nitrogens is 2. The van der Waals surface area contributed by atoms with Gasteiger partial charge in [0.15, 0.2) is 5.82 Å². The van der Waals surface area contributed by atoms with Crippen LogP contribution in [0.2, 0.25) is 0 Å². The van der Waals surface area contributed by atoms with E-state index in [4.69, 9.17) is 4.74 Å². The molecular formula is C21H20F2N4O2. The predicted molar refractivity (Wildman–Crippen MR) is 106 cm³/mol. The molecule has 0 radical (unpaired) electrons. The van der Waals surface area contributed by atoms with Crippen LogP contribution in [0.3, 0.4) is 0 Å². The molecule has 1 saturated heterocycles.